The van der Waals surface area contributed by atoms with E-state index in [1.54, 1.807) is 0 Å². The van der Waals surface area contributed by atoms with Crippen LogP contribution in [0.2, 0.25) is 0 Å². The first-order valence-electron chi connectivity index (χ1n) is 12.6. The number of aliphatic hydroxyl groups is 1. The van der Waals surface area contributed by atoms with Crippen molar-refractivity contribution in [2.24, 2.45) is 0 Å². The van der Waals surface area contributed by atoms with Crippen molar-refractivity contribution in [2.75, 3.05) is 45.8 Å². The fourth-order valence-electron chi connectivity index (χ4n) is 4.32. The number of hydrogen-bond donors (Lipinski definition) is 2. The summed E-state index contributed by atoms with van der Waals surface area (Å²) in [6.45, 7) is 4.99. The predicted molar refractivity (Wildman–Crippen MR) is 138 cm³/mol. The Kier molecular flexibility index (Phi) is 8.84. The molecule has 1 aliphatic rings. The van der Waals surface area contributed by atoms with E-state index in [2.05, 4.69) is 54.0 Å². The molecule has 0 bridgehead atoms. The van der Waals surface area contributed by atoms with Gasteiger partial charge in [0, 0.05) is 13.1 Å². The van der Waals surface area contributed by atoms with E-state index >= 15 is 0 Å². The molecule has 3 aromatic rings. The molecule has 0 aliphatic carbocycles. The molecule has 1 fully saturated rings. The Hall–Kier alpha value is -2.81. The summed E-state index contributed by atoms with van der Waals surface area (Å²) in [6, 6.07) is 14.2. The summed E-state index contributed by atoms with van der Waals surface area (Å²) in [5.41, 5.74) is 3.02. The van der Waals surface area contributed by atoms with Gasteiger partial charge in [0.05, 0.1) is 37.0 Å². The lowest BCUT2D eigenvalue weighted by Gasteiger charge is -2.19. The van der Waals surface area contributed by atoms with Crippen LogP contribution in [0, 0.1) is 0 Å². The van der Waals surface area contributed by atoms with Crippen molar-refractivity contribution >= 4 is 17.0 Å². The minimum Gasteiger partial charge on any atom is -0.490 e. The topological polar surface area (TPSA) is 81.0 Å². The van der Waals surface area contributed by atoms with Gasteiger partial charge in [-0.25, -0.2) is 4.98 Å². The van der Waals surface area contributed by atoms with E-state index < -0.39 is 0 Å². The molecule has 0 saturated carbocycles. The number of rotatable bonds is 13. The molecule has 1 saturated heterocycles. The second-order valence-electron chi connectivity index (χ2n) is 9.26. The van der Waals surface area contributed by atoms with Crippen molar-refractivity contribution in [3.8, 4) is 11.5 Å². The molecule has 8 heteroatoms. The van der Waals surface area contributed by atoms with Crippen LogP contribution >= 0.6 is 0 Å². The number of aromatic nitrogens is 2. The number of imidazole rings is 1. The highest BCUT2D eigenvalue weighted by Crippen LogP contribution is 2.35. The largest absolute Gasteiger partial charge is 0.490 e. The van der Waals surface area contributed by atoms with Crippen molar-refractivity contribution in [3.05, 3.63) is 48.0 Å². The van der Waals surface area contributed by atoms with Gasteiger partial charge in [-0.2, -0.15) is 0 Å². The SMILES string of the molecule is CCCOc1ccc(CNc2nc3ccccc3n2[C@H]2CC[C@@H](CO)O2)cc1OCCCN(C)C. The highest BCUT2D eigenvalue weighted by molar-refractivity contribution is 5.78. The maximum atomic E-state index is 9.53. The highest BCUT2D eigenvalue weighted by Gasteiger charge is 2.29. The Labute approximate surface area is 207 Å². The molecular weight excluding hydrogens is 444 g/mol. The first-order valence-corrected chi connectivity index (χ1v) is 12.6. The van der Waals surface area contributed by atoms with Crippen LogP contribution in [0.1, 0.15) is 44.4 Å². The smallest absolute Gasteiger partial charge is 0.206 e. The molecule has 1 aromatic heterocycles. The molecule has 2 heterocycles. The first kappa shape index (κ1) is 25.3. The summed E-state index contributed by atoms with van der Waals surface area (Å²) in [7, 11) is 4.13. The van der Waals surface area contributed by atoms with Crippen LogP contribution in [0.4, 0.5) is 5.95 Å². The predicted octanol–water partition coefficient (Wildman–Crippen LogP) is 4.44. The number of aliphatic hydroxyl groups excluding tert-OH is 1. The van der Waals surface area contributed by atoms with Crippen molar-refractivity contribution in [1.29, 1.82) is 0 Å². The zero-order valence-corrected chi connectivity index (χ0v) is 21.1. The van der Waals surface area contributed by atoms with Crippen molar-refractivity contribution < 1.29 is 19.3 Å². The third kappa shape index (κ3) is 6.45. The van der Waals surface area contributed by atoms with Crippen LogP contribution in [-0.2, 0) is 11.3 Å². The van der Waals surface area contributed by atoms with Gasteiger partial charge in [0.25, 0.3) is 0 Å². The average Bonchev–Trinajstić information content (AvgIpc) is 3.48. The van der Waals surface area contributed by atoms with Gasteiger partial charge in [-0.05, 0) is 69.6 Å². The van der Waals surface area contributed by atoms with Gasteiger partial charge in [0.1, 0.15) is 6.23 Å². The van der Waals surface area contributed by atoms with E-state index in [1.807, 2.05) is 24.3 Å². The Morgan fingerprint density at radius 2 is 1.94 bits per heavy atom. The third-order valence-electron chi connectivity index (χ3n) is 6.10. The molecule has 8 nitrogen and oxygen atoms in total. The highest BCUT2D eigenvalue weighted by atomic mass is 16.5. The summed E-state index contributed by atoms with van der Waals surface area (Å²) in [4.78, 5) is 6.98. The maximum absolute atomic E-state index is 9.53. The van der Waals surface area contributed by atoms with Gasteiger partial charge in [0.2, 0.25) is 5.95 Å². The molecule has 2 N–H and O–H groups in total. The van der Waals surface area contributed by atoms with Crippen molar-refractivity contribution in [1.82, 2.24) is 14.5 Å². The van der Waals surface area contributed by atoms with Gasteiger partial charge in [0.15, 0.2) is 11.5 Å². The van der Waals surface area contributed by atoms with Gasteiger partial charge in [-0.15, -0.1) is 0 Å². The third-order valence-corrected chi connectivity index (χ3v) is 6.10. The van der Waals surface area contributed by atoms with Crippen LogP contribution in [0.3, 0.4) is 0 Å². The monoisotopic (exact) mass is 482 g/mol. The second-order valence-corrected chi connectivity index (χ2v) is 9.26. The van der Waals surface area contributed by atoms with E-state index in [9.17, 15) is 5.11 Å². The lowest BCUT2D eigenvalue weighted by atomic mass is 10.2. The Bertz CT molecular complexity index is 1080. The lowest BCUT2D eigenvalue weighted by Crippen LogP contribution is -2.16. The molecule has 0 unspecified atom stereocenters. The van der Waals surface area contributed by atoms with E-state index in [4.69, 9.17) is 19.2 Å². The molecule has 4 rings (SSSR count). The number of fused-ring (bicyclic) bond motifs is 1. The molecule has 2 atom stereocenters. The van der Waals surface area contributed by atoms with Crippen LogP contribution in [0.15, 0.2) is 42.5 Å². The average molecular weight is 483 g/mol. The number of nitrogens with one attached hydrogen (secondary N) is 1. The fraction of sp³-hybridized carbons (Fsp3) is 0.519. The maximum Gasteiger partial charge on any atom is 0.206 e. The summed E-state index contributed by atoms with van der Waals surface area (Å²) < 4.78 is 20.2. The first-order chi connectivity index (χ1) is 17.1. The minimum atomic E-state index is -0.150. The summed E-state index contributed by atoms with van der Waals surface area (Å²) >= 11 is 0. The molecule has 0 amide bonds. The minimum absolute atomic E-state index is 0.0374. The van der Waals surface area contributed by atoms with Crippen LogP contribution in [0.5, 0.6) is 11.5 Å². The molecular formula is C27H38N4O4. The van der Waals surface area contributed by atoms with Gasteiger partial charge in [-0.3, -0.25) is 4.57 Å². The fourth-order valence-corrected chi connectivity index (χ4v) is 4.32. The lowest BCUT2D eigenvalue weighted by molar-refractivity contribution is -0.0195. The molecule has 2 aromatic carbocycles. The van der Waals surface area contributed by atoms with E-state index in [1.165, 1.54) is 0 Å². The Morgan fingerprint density at radius 3 is 2.71 bits per heavy atom. The van der Waals surface area contributed by atoms with E-state index in [0.29, 0.717) is 19.8 Å². The number of benzene rings is 2. The van der Waals surface area contributed by atoms with Crippen molar-refractivity contribution in [2.45, 2.75) is 51.5 Å². The number of nitrogens with zero attached hydrogens (tertiary/aromatic N) is 3. The normalized spacial score (nSPS) is 17.9. The Balaban J connectivity index is 1.51. The summed E-state index contributed by atoms with van der Waals surface area (Å²) in [6.07, 6.45) is 3.29. The van der Waals surface area contributed by atoms with Crippen LogP contribution < -0.4 is 14.8 Å². The van der Waals surface area contributed by atoms with E-state index in [-0.39, 0.29) is 18.9 Å². The summed E-state index contributed by atoms with van der Waals surface area (Å²) in [5.74, 6) is 2.31. The Morgan fingerprint density at radius 1 is 1.11 bits per heavy atom. The zero-order chi connectivity index (χ0) is 24.6. The van der Waals surface area contributed by atoms with Gasteiger partial charge >= 0.3 is 0 Å². The molecule has 1 aliphatic heterocycles. The number of anilines is 1. The van der Waals surface area contributed by atoms with Gasteiger partial charge < -0.3 is 29.5 Å². The van der Waals surface area contributed by atoms with Crippen LogP contribution in [-0.4, -0.2) is 66.1 Å². The molecule has 0 radical (unpaired) electrons. The van der Waals surface area contributed by atoms with Crippen molar-refractivity contribution in [3.63, 3.8) is 0 Å². The zero-order valence-electron chi connectivity index (χ0n) is 21.1. The molecule has 0 spiro atoms. The number of para-hydroxylation sites is 2. The second kappa shape index (κ2) is 12.2. The summed E-state index contributed by atoms with van der Waals surface area (Å²) in [5, 5.41) is 13.0. The molecule has 190 valence electrons. The van der Waals surface area contributed by atoms with Gasteiger partial charge in [-0.1, -0.05) is 25.1 Å². The quantitative estimate of drug-likeness (QED) is 0.349. The molecule has 35 heavy (non-hydrogen) atoms. The standard InChI is InChI=1S/C27H38N4O4/c1-4-15-33-24-12-10-20(17-25(24)34-16-7-14-30(2)3)18-28-27-29-22-8-5-6-9-23(22)31(27)26-13-11-21(19-32)35-26/h5-6,8-10,12,17,21,26,32H,4,7,11,13-16,18-19H2,1-3H3,(H,28,29)/t21-,26+/m0/s1. The number of hydrogen-bond acceptors (Lipinski definition) is 7. The van der Waals surface area contributed by atoms with E-state index in [0.717, 1.165) is 66.3 Å². The van der Waals surface area contributed by atoms with Crippen LogP contribution in [0.25, 0.3) is 11.0 Å². The number of ether oxygens (including phenoxy) is 3.